The Morgan fingerprint density at radius 3 is 2.50 bits per heavy atom. The maximum absolute atomic E-state index is 12.3. The van der Waals surface area contributed by atoms with E-state index in [-0.39, 0.29) is 12.1 Å². The molecule has 1 saturated heterocycles. The van der Waals surface area contributed by atoms with Gasteiger partial charge in [0.2, 0.25) is 0 Å². The summed E-state index contributed by atoms with van der Waals surface area (Å²) in [6, 6.07) is 15.0. The van der Waals surface area contributed by atoms with Crippen LogP contribution in [-0.2, 0) is 0 Å². The molecule has 28 heavy (non-hydrogen) atoms. The fourth-order valence-corrected chi connectivity index (χ4v) is 3.95. The Morgan fingerprint density at radius 2 is 1.82 bits per heavy atom. The van der Waals surface area contributed by atoms with Gasteiger partial charge in [-0.15, -0.1) is 0 Å². The number of imidazole rings is 1. The Kier molecular flexibility index (Phi) is 5.07. The van der Waals surface area contributed by atoms with Crippen LogP contribution in [0.5, 0.6) is 0 Å². The molecular formula is C23H28N4O. The third-order valence-corrected chi connectivity index (χ3v) is 5.46. The zero-order valence-electron chi connectivity index (χ0n) is 16.9. The van der Waals surface area contributed by atoms with E-state index in [0.29, 0.717) is 5.92 Å². The molecule has 0 bridgehead atoms. The molecule has 5 heteroatoms. The molecule has 1 fully saturated rings. The summed E-state index contributed by atoms with van der Waals surface area (Å²) < 4.78 is 2.23. The number of benzene rings is 1. The van der Waals surface area contributed by atoms with Crippen LogP contribution in [0.25, 0.3) is 16.8 Å². The number of carbonyl (C=O) groups is 1. The van der Waals surface area contributed by atoms with E-state index in [1.165, 1.54) is 5.56 Å². The number of pyridine rings is 1. The Hall–Kier alpha value is -2.82. The van der Waals surface area contributed by atoms with E-state index in [1.807, 2.05) is 18.7 Å². The minimum absolute atomic E-state index is 0.0433. The summed E-state index contributed by atoms with van der Waals surface area (Å²) >= 11 is 0. The third-order valence-electron chi connectivity index (χ3n) is 5.46. The average molecular weight is 377 g/mol. The summed E-state index contributed by atoms with van der Waals surface area (Å²) in [6.45, 7) is 7.63. The number of urea groups is 1. The zero-order chi connectivity index (χ0) is 19.7. The maximum atomic E-state index is 12.3. The van der Waals surface area contributed by atoms with Gasteiger partial charge in [-0.05, 0) is 45.7 Å². The van der Waals surface area contributed by atoms with Crippen LogP contribution in [0, 0.1) is 6.92 Å². The second kappa shape index (κ2) is 7.66. The van der Waals surface area contributed by atoms with Gasteiger partial charge in [-0.1, -0.05) is 35.9 Å². The van der Waals surface area contributed by atoms with Crippen LogP contribution >= 0.6 is 0 Å². The third kappa shape index (κ3) is 3.61. The second-order valence-electron chi connectivity index (χ2n) is 8.01. The Morgan fingerprint density at radius 1 is 1.11 bits per heavy atom. The van der Waals surface area contributed by atoms with E-state index < -0.39 is 0 Å². The number of hydrogen-bond donors (Lipinski definition) is 1. The van der Waals surface area contributed by atoms with E-state index in [9.17, 15) is 4.79 Å². The summed E-state index contributed by atoms with van der Waals surface area (Å²) in [5.41, 5.74) is 4.57. The fraction of sp³-hybridized carbons (Fsp3) is 0.391. The lowest BCUT2D eigenvalue weighted by Gasteiger charge is -2.32. The number of likely N-dealkylation sites (tertiary alicyclic amines) is 1. The number of hydrogen-bond acceptors (Lipinski definition) is 2. The van der Waals surface area contributed by atoms with Crippen LogP contribution < -0.4 is 5.32 Å². The van der Waals surface area contributed by atoms with Crippen molar-refractivity contribution in [2.24, 2.45) is 0 Å². The molecule has 1 N–H and O–H groups in total. The van der Waals surface area contributed by atoms with Crippen molar-refractivity contribution in [2.75, 3.05) is 13.1 Å². The highest BCUT2D eigenvalue weighted by atomic mass is 16.2. The van der Waals surface area contributed by atoms with Gasteiger partial charge in [-0.25, -0.2) is 9.78 Å². The van der Waals surface area contributed by atoms with Gasteiger partial charge in [0.25, 0.3) is 0 Å². The molecule has 3 heterocycles. The molecule has 0 radical (unpaired) electrons. The summed E-state index contributed by atoms with van der Waals surface area (Å²) in [4.78, 5) is 19.3. The highest BCUT2D eigenvalue weighted by Crippen LogP contribution is 2.32. The normalized spacial score (nSPS) is 15.4. The maximum Gasteiger partial charge on any atom is 0.317 e. The molecule has 0 spiro atoms. The molecule has 4 rings (SSSR count). The number of amides is 2. The summed E-state index contributed by atoms with van der Waals surface area (Å²) in [7, 11) is 0. The van der Waals surface area contributed by atoms with Gasteiger partial charge < -0.3 is 14.6 Å². The predicted molar refractivity (Wildman–Crippen MR) is 113 cm³/mol. The van der Waals surface area contributed by atoms with Crippen molar-refractivity contribution in [3.63, 3.8) is 0 Å². The minimum Gasteiger partial charge on any atom is -0.336 e. The quantitative estimate of drug-likeness (QED) is 0.726. The number of aromatic nitrogens is 2. The number of aryl methyl sites for hydroxylation is 1. The largest absolute Gasteiger partial charge is 0.336 e. The van der Waals surface area contributed by atoms with Crippen molar-refractivity contribution in [1.82, 2.24) is 19.6 Å². The van der Waals surface area contributed by atoms with Gasteiger partial charge in [-0.2, -0.15) is 0 Å². The van der Waals surface area contributed by atoms with E-state index in [4.69, 9.17) is 4.98 Å². The smallest absolute Gasteiger partial charge is 0.317 e. The molecule has 0 saturated carbocycles. The molecule has 0 unspecified atom stereocenters. The first-order chi connectivity index (χ1) is 13.5. The first-order valence-corrected chi connectivity index (χ1v) is 10.1. The molecule has 2 aromatic heterocycles. The van der Waals surface area contributed by atoms with Crippen molar-refractivity contribution in [3.8, 4) is 11.3 Å². The second-order valence-corrected chi connectivity index (χ2v) is 8.01. The molecule has 0 atom stereocenters. The van der Waals surface area contributed by atoms with Gasteiger partial charge in [0.1, 0.15) is 5.82 Å². The monoisotopic (exact) mass is 376 g/mol. The summed E-state index contributed by atoms with van der Waals surface area (Å²) in [5, 5.41) is 2.99. The van der Waals surface area contributed by atoms with Crippen molar-refractivity contribution in [2.45, 2.75) is 45.6 Å². The minimum atomic E-state index is 0.0433. The number of piperidine rings is 1. The topological polar surface area (TPSA) is 49.6 Å². The van der Waals surface area contributed by atoms with Gasteiger partial charge in [0.15, 0.2) is 0 Å². The summed E-state index contributed by atoms with van der Waals surface area (Å²) in [6.07, 6.45) is 3.98. The van der Waals surface area contributed by atoms with Gasteiger partial charge in [0.05, 0.1) is 11.2 Å². The van der Waals surface area contributed by atoms with Crippen LogP contribution in [0.4, 0.5) is 4.79 Å². The molecule has 1 aromatic carbocycles. The molecule has 146 valence electrons. The lowest BCUT2D eigenvalue weighted by Crippen LogP contribution is -2.46. The van der Waals surface area contributed by atoms with Gasteiger partial charge in [-0.3, -0.25) is 0 Å². The molecule has 1 aliphatic rings. The lowest BCUT2D eigenvalue weighted by atomic mass is 9.96. The van der Waals surface area contributed by atoms with Crippen LogP contribution in [0.2, 0.25) is 0 Å². The molecule has 3 aromatic rings. The predicted octanol–water partition coefficient (Wildman–Crippen LogP) is 4.61. The first kappa shape index (κ1) is 18.5. The first-order valence-electron chi connectivity index (χ1n) is 10.1. The van der Waals surface area contributed by atoms with Crippen LogP contribution in [0.15, 0.2) is 48.7 Å². The Balaban J connectivity index is 1.60. The van der Waals surface area contributed by atoms with Crippen molar-refractivity contribution in [1.29, 1.82) is 0 Å². The van der Waals surface area contributed by atoms with Gasteiger partial charge >= 0.3 is 6.03 Å². The highest BCUT2D eigenvalue weighted by Gasteiger charge is 2.27. The lowest BCUT2D eigenvalue weighted by molar-refractivity contribution is 0.178. The van der Waals surface area contributed by atoms with Crippen molar-refractivity contribution >= 4 is 11.5 Å². The van der Waals surface area contributed by atoms with E-state index in [0.717, 1.165) is 48.5 Å². The van der Waals surface area contributed by atoms with Crippen LogP contribution in [0.3, 0.4) is 0 Å². The van der Waals surface area contributed by atoms with Crippen LogP contribution in [0.1, 0.15) is 44.0 Å². The molecule has 5 nitrogen and oxygen atoms in total. The molecular weight excluding hydrogens is 348 g/mol. The zero-order valence-corrected chi connectivity index (χ0v) is 16.9. The van der Waals surface area contributed by atoms with Gasteiger partial charge in [0, 0.05) is 36.8 Å². The van der Waals surface area contributed by atoms with Crippen molar-refractivity contribution < 1.29 is 4.79 Å². The Labute approximate surface area is 166 Å². The molecule has 0 aliphatic carbocycles. The average Bonchev–Trinajstić information content (AvgIpc) is 3.08. The van der Waals surface area contributed by atoms with E-state index in [2.05, 4.69) is 65.3 Å². The SMILES string of the molecule is Cc1ccc(-c2nc(C3CCN(C(=O)NC(C)C)CC3)n3ccccc23)cc1. The number of fused-ring (bicyclic) bond motifs is 1. The number of rotatable bonds is 3. The number of carbonyl (C=O) groups excluding carboxylic acids is 1. The number of nitrogens with zero attached hydrogens (tertiary/aromatic N) is 3. The van der Waals surface area contributed by atoms with Crippen molar-refractivity contribution in [3.05, 3.63) is 60.0 Å². The highest BCUT2D eigenvalue weighted by molar-refractivity contribution is 5.78. The Bertz CT molecular complexity index is 966. The van der Waals surface area contributed by atoms with E-state index in [1.54, 1.807) is 0 Å². The number of nitrogens with one attached hydrogen (secondary N) is 1. The fourth-order valence-electron chi connectivity index (χ4n) is 3.95. The van der Waals surface area contributed by atoms with E-state index >= 15 is 0 Å². The van der Waals surface area contributed by atoms with Crippen LogP contribution in [-0.4, -0.2) is 39.4 Å². The molecule has 2 amide bonds. The summed E-state index contributed by atoms with van der Waals surface area (Å²) in [5.74, 6) is 1.47. The standard InChI is InChI=1S/C23H28N4O/c1-16(2)24-23(28)26-14-11-19(12-15-26)22-25-21(18-9-7-17(3)8-10-18)20-6-4-5-13-27(20)22/h4-10,13,16,19H,11-12,14-15H2,1-3H3,(H,24,28). The molecule has 1 aliphatic heterocycles.